The van der Waals surface area contributed by atoms with Crippen molar-refractivity contribution in [1.82, 2.24) is 4.90 Å². The van der Waals surface area contributed by atoms with Crippen LogP contribution in [-0.4, -0.2) is 34.2 Å². The predicted molar refractivity (Wildman–Crippen MR) is 131 cm³/mol. The molecule has 8 heteroatoms. The number of anilines is 1. The number of thioether (sulfide) groups is 1. The Bertz CT molecular complexity index is 991. The molecule has 0 radical (unpaired) electrons. The van der Waals surface area contributed by atoms with Crippen LogP contribution in [0.1, 0.15) is 38.2 Å². The fraction of sp³-hybridized carbons (Fsp3) is 0.292. The Morgan fingerprint density at radius 3 is 2.53 bits per heavy atom. The Labute approximate surface area is 197 Å². The fourth-order valence-electron chi connectivity index (χ4n) is 3.16. The van der Waals surface area contributed by atoms with E-state index in [2.05, 4.69) is 5.32 Å². The molecule has 32 heavy (non-hydrogen) atoms. The van der Waals surface area contributed by atoms with Crippen molar-refractivity contribution in [3.05, 3.63) is 64.8 Å². The van der Waals surface area contributed by atoms with E-state index in [4.69, 9.17) is 17.0 Å². The molecule has 0 aromatic heterocycles. The van der Waals surface area contributed by atoms with Crippen LogP contribution >= 0.6 is 24.0 Å². The number of benzene rings is 2. The molecule has 1 saturated heterocycles. The number of thiocarbonyl (C=S) groups is 1. The molecule has 0 bridgehead atoms. The van der Waals surface area contributed by atoms with Crippen molar-refractivity contribution in [2.75, 3.05) is 18.5 Å². The average Bonchev–Trinajstić information content (AvgIpc) is 3.04. The number of amides is 2. The van der Waals surface area contributed by atoms with Gasteiger partial charge in [0.05, 0.1) is 11.5 Å². The van der Waals surface area contributed by atoms with Crippen molar-refractivity contribution < 1.29 is 18.7 Å². The molecule has 168 valence electrons. The molecule has 3 rings (SSSR count). The standard InChI is InChI=1S/C24H25FN2O3S2/c1-2-30-20-13-11-19(12-14-20)26-22(28)6-4-3-5-15-27-23(29)21(32-24(27)31)16-17-7-9-18(25)10-8-17/h7-14,16H,2-6,15H2,1H3,(H,26,28)/b21-16-. The zero-order valence-corrected chi connectivity index (χ0v) is 19.4. The number of nitrogens with one attached hydrogen (secondary N) is 1. The molecule has 0 unspecified atom stereocenters. The maximum absolute atomic E-state index is 13.1. The molecule has 1 aliphatic heterocycles. The number of halogens is 1. The van der Waals surface area contributed by atoms with Crippen molar-refractivity contribution in [2.24, 2.45) is 0 Å². The molecule has 5 nitrogen and oxygen atoms in total. The Morgan fingerprint density at radius 2 is 1.84 bits per heavy atom. The lowest BCUT2D eigenvalue weighted by atomic mass is 10.1. The topological polar surface area (TPSA) is 58.6 Å². The summed E-state index contributed by atoms with van der Waals surface area (Å²) in [7, 11) is 0. The van der Waals surface area contributed by atoms with Gasteiger partial charge >= 0.3 is 0 Å². The molecule has 0 aliphatic carbocycles. The van der Waals surface area contributed by atoms with Gasteiger partial charge in [-0.3, -0.25) is 14.5 Å². The highest BCUT2D eigenvalue weighted by molar-refractivity contribution is 8.26. The summed E-state index contributed by atoms with van der Waals surface area (Å²) in [5, 5.41) is 2.88. The van der Waals surface area contributed by atoms with Crippen molar-refractivity contribution in [3.8, 4) is 5.75 Å². The Kier molecular flexibility index (Phi) is 8.81. The van der Waals surface area contributed by atoms with E-state index >= 15 is 0 Å². The van der Waals surface area contributed by atoms with E-state index in [1.165, 1.54) is 23.9 Å². The van der Waals surface area contributed by atoms with E-state index in [0.29, 0.717) is 28.8 Å². The van der Waals surface area contributed by atoms with Crippen LogP contribution in [0.5, 0.6) is 5.75 Å². The van der Waals surface area contributed by atoms with Crippen molar-refractivity contribution in [2.45, 2.75) is 32.6 Å². The van der Waals surface area contributed by atoms with Gasteiger partial charge < -0.3 is 10.1 Å². The van der Waals surface area contributed by atoms with Crippen LogP contribution in [0.2, 0.25) is 0 Å². The number of carbonyl (C=O) groups is 2. The highest BCUT2D eigenvalue weighted by atomic mass is 32.2. The lowest BCUT2D eigenvalue weighted by Crippen LogP contribution is -2.29. The normalized spacial score (nSPS) is 14.8. The van der Waals surface area contributed by atoms with Gasteiger partial charge in [-0.1, -0.05) is 42.5 Å². The minimum atomic E-state index is -0.317. The lowest BCUT2D eigenvalue weighted by Gasteiger charge is -2.14. The molecule has 1 N–H and O–H groups in total. The molecule has 1 fully saturated rings. The van der Waals surface area contributed by atoms with E-state index in [9.17, 15) is 14.0 Å². The maximum Gasteiger partial charge on any atom is 0.266 e. The summed E-state index contributed by atoms with van der Waals surface area (Å²) in [6.45, 7) is 3.04. The monoisotopic (exact) mass is 472 g/mol. The molecule has 0 atom stereocenters. The van der Waals surface area contributed by atoms with E-state index in [1.54, 1.807) is 23.1 Å². The smallest absolute Gasteiger partial charge is 0.266 e. The Morgan fingerprint density at radius 1 is 1.12 bits per heavy atom. The quantitative estimate of drug-likeness (QED) is 0.276. The first-order valence-corrected chi connectivity index (χ1v) is 11.7. The average molecular weight is 473 g/mol. The maximum atomic E-state index is 13.1. The highest BCUT2D eigenvalue weighted by Gasteiger charge is 2.31. The van der Waals surface area contributed by atoms with E-state index in [1.807, 2.05) is 31.2 Å². The van der Waals surface area contributed by atoms with Gasteiger partial charge in [0.25, 0.3) is 5.91 Å². The second-order valence-corrected chi connectivity index (χ2v) is 8.88. The highest BCUT2D eigenvalue weighted by Crippen LogP contribution is 2.32. The van der Waals surface area contributed by atoms with Gasteiger partial charge in [0, 0.05) is 18.7 Å². The van der Waals surface area contributed by atoms with Crippen molar-refractivity contribution in [3.63, 3.8) is 0 Å². The predicted octanol–water partition coefficient (Wildman–Crippen LogP) is 5.62. The second kappa shape index (κ2) is 11.8. The lowest BCUT2D eigenvalue weighted by molar-refractivity contribution is -0.122. The largest absolute Gasteiger partial charge is 0.494 e. The summed E-state index contributed by atoms with van der Waals surface area (Å²) >= 11 is 6.60. The molecule has 2 aromatic carbocycles. The molecular formula is C24H25FN2O3S2. The van der Waals surface area contributed by atoms with Gasteiger partial charge in [-0.25, -0.2) is 4.39 Å². The van der Waals surface area contributed by atoms with Gasteiger partial charge in [0.2, 0.25) is 5.91 Å². The summed E-state index contributed by atoms with van der Waals surface area (Å²) in [6, 6.07) is 13.3. The number of hydrogen-bond donors (Lipinski definition) is 1. The zero-order valence-electron chi connectivity index (χ0n) is 17.8. The first-order chi connectivity index (χ1) is 15.5. The molecule has 1 heterocycles. The van der Waals surface area contributed by atoms with Crippen LogP contribution in [0, 0.1) is 5.82 Å². The van der Waals surface area contributed by atoms with Crippen LogP contribution in [0.4, 0.5) is 10.1 Å². The second-order valence-electron chi connectivity index (χ2n) is 7.20. The minimum absolute atomic E-state index is 0.0398. The number of hydrogen-bond acceptors (Lipinski definition) is 5. The molecule has 2 aromatic rings. The Balaban J connectivity index is 1.38. The van der Waals surface area contributed by atoms with Gasteiger partial charge in [-0.15, -0.1) is 0 Å². The third-order valence-corrected chi connectivity index (χ3v) is 6.15. The van der Waals surface area contributed by atoms with Crippen LogP contribution < -0.4 is 10.1 Å². The minimum Gasteiger partial charge on any atom is -0.494 e. The molecule has 0 spiro atoms. The van der Waals surface area contributed by atoms with Gasteiger partial charge in [-0.05, 0) is 67.8 Å². The number of ether oxygens (including phenoxy) is 1. The molecule has 0 saturated carbocycles. The number of unbranched alkanes of at least 4 members (excludes halogenated alkanes) is 2. The third-order valence-electron chi connectivity index (χ3n) is 4.78. The summed E-state index contributed by atoms with van der Waals surface area (Å²) in [6.07, 6.45) is 4.43. The summed E-state index contributed by atoms with van der Waals surface area (Å²) < 4.78 is 19.0. The first kappa shape index (κ1) is 23.9. The number of rotatable bonds is 10. The van der Waals surface area contributed by atoms with Crippen LogP contribution in [0.15, 0.2) is 53.4 Å². The van der Waals surface area contributed by atoms with Gasteiger partial charge in [0.15, 0.2) is 0 Å². The zero-order chi connectivity index (χ0) is 22.9. The fourth-order valence-corrected chi connectivity index (χ4v) is 4.47. The number of nitrogens with zero attached hydrogens (tertiary/aromatic N) is 1. The van der Waals surface area contributed by atoms with Crippen LogP contribution in [0.3, 0.4) is 0 Å². The van der Waals surface area contributed by atoms with E-state index < -0.39 is 0 Å². The first-order valence-electron chi connectivity index (χ1n) is 10.5. The third kappa shape index (κ3) is 6.90. The molecule has 1 aliphatic rings. The van der Waals surface area contributed by atoms with Crippen molar-refractivity contribution in [1.29, 1.82) is 0 Å². The van der Waals surface area contributed by atoms with Crippen LogP contribution in [-0.2, 0) is 9.59 Å². The van der Waals surface area contributed by atoms with Crippen LogP contribution in [0.25, 0.3) is 6.08 Å². The van der Waals surface area contributed by atoms with Gasteiger partial charge in [0.1, 0.15) is 15.9 Å². The van der Waals surface area contributed by atoms with E-state index in [0.717, 1.165) is 36.3 Å². The van der Waals surface area contributed by atoms with E-state index in [-0.39, 0.29) is 17.6 Å². The summed E-state index contributed by atoms with van der Waals surface area (Å²) in [5.41, 5.74) is 1.49. The van der Waals surface area contributed by atoms with Gasteiger partial charge in [-0.2, -0.15) is 0 Å². The molecule has 2 amide bonds. The van der Waals surface area contributed by atoms with Crippen molar-refractivity contribution >= 4 is 51.9 Å². The summed E-state index contributed by atoms with van der Waals surface area (Å²) in [4.78, 5) is 26.9. The molecular weight excluding hydrogens is 447 g/mol. The summed E-state index contributed by atoms with van der Waals surface area (Å²) in [5.74, 6) is 0.288. The Hall–Kier alpha value is -2.71. The number of carbonyl (C=O) groups excluding carboxylic acids is 2. The SMILES string of the molecule is CCOc1ccc(NC(=O)CCCCCN2C(=O)/C(=C/c3ccc(F)cc3)SC2=S)cc1.